The molecule has 0 spiro atoms. The van der Waals surface area contributed by atoms with E-state index in [0.29, 0.717) is 23.6 Å². The maximum atomic E-state index is 13.6. The number of hydroxylamine groups is 1. The first kappa shape index (κ1) is 25.8. The van der Waals surface area contributed by atoms with Crippen LogP contribution in [0.2, 0.25) is 0 Å². The molecule has 1 aliphatic carbocycles. The molecule has 0 saturated carbocycles. The fourth-order valence-corrected chi connectivity index (χ4v) is 6.43. The monoisotopic (exact) mass is 557 g/mol. The summed E-state index contributed by atoms with van der Waals surface area (Å²) in [7, 11) is 0. The van der Waals surface area contributed by atoms with Crippen LogP contribution in [0, 0.1) is 20.8 Å². The second kappa shape index (κ2) is 9.44. The van der Waals surface area contributed by atoms with Gasteiger partial charge in [0.05, 0.1) is 11.4 Å². The van der Waals surface area contributed by atoms with Gasteiger partial charge in [0.2, 0.25) is 0 Å². The summed E-state index contributed by atoms with van der Waals surface area (Å²) in [5.41, 5.74) is 9.25. The number of aliphatic hydroxyl groups is 1. The van der Waals surface area contributed by atoms with Gasteiger partial charge in [-0.25, -0.2) is 23.5 Å². The number of aromatic nitrogens is 4. The topological polar surface area (TPSA) is 129 Å². The van der Waals surface area contributed by atoms with Crippen molar-refractivity contribution >= 4 is 0 Å². The van der Waals surface area contributed by atoms with Crippen LogP contribution in [0.3, 0.4) is 0 Å². The van der Waals surface area contributed by atoms with Crippen molar-refractivity contribution in [3.63, 3.8) is 0 Å². The van der Waals surface area contributed by atoms with Crippen LogP contribution in [0.4, 0.5) is 0 Å². The third-order valence-electron chi connectivity index (χ3n) is 8.31. The number of para-hydroxylation sites is 1. The molecule has 5 atom stereocenters. The Kier molecular flexibility index (Phi) is 5.93. The van der Waals surface area contributed by atoms with Crippen LogP contribution in [0.1, 0.15) is 47.9 Å². The summed E-state index contributed by atoms with van der Waals surface area (Å²) in [5, 5.41) is 15.5. The lowest BCUT2D eigenvalue weighted by molar-refractivity contribution is -0.0180. The fraction of sp³-hybridized carbons (Fsp3) is 0.367. The molecule has 3 aliphatic rings. The molecular formula is C30H31N5O6. The number of aryl methyl sites for hydroxylation is 3. The van der Waals surface area contributed by atoms with Gasteiger partial charge in [-0.15, -0.1) is 0 Å². The number of fused-ring (bicyclic) bond motifs is 4. The number of ether oxygens (including phenoxy) is 1. The number of aliphatic hydroxyl groups excluding tert-OH is 1. The average molecular weight is 558 g/mol. The van der Waals surface area contributed by atoms with E-state index >= 15 is 0 Å². The average Bonchev–Trinajstić information content (AvgIpc) is 3.53. The molecule has 4 aromatic rings. The minimum Gasteiger partial charge on any atom is -0.388 e. The van der Waals surface area contributed by atoms with Gasteiger partial charge < -0.3 is 14.4 Å². The highest BCUT2D eigenvalue weighted by atomic mass is 16.7. The Morgan fingerprint density at radius 3 is 2.54 bits per heavy atom. The van der Waals surface area contributed by atoms with Crippen LogP contribution >= 0.6 is 0 Å². The Morgan fingerprint density at radius 1 is 1.07 bits per heavy atom. The van der Waals surface area contributed by atoms with Gasteiger partial charge in [-0.05, 0) is 62.9 Å². The van der Waals surface area contributed by atoms with Crippen molar-refractivity contribution in [2.75, 3.05) is 0 Å². The molecule has 2 N–H and O–H groups in total. The van der Waals surface area contributed by atoms with Gasteiger partial charge >= 0.3 is 11.4 Å². The Hall–Kier alpha value is -4.19. The second-order valence-electron chi connectivity index (χ2n) is 11.1. The van der Waals surface area contributed by atoms with E-state index in [9.17, 15) is 14.7 Å². The molecule has 7 rings (SSSR count). The summed E-state index contributed by atoms with van der Waals surface area (Å²) in [6.45, 7) is 8.31. The van der Waals surface area contributed by atoms with E-state index in [0.717, 1.165) is 32.5 Å². The highest BCUT2D eigenvalue weighted by Crippen LogP contribution is 2.47. The Morgan fingerprint density at radius 2 is 1.80 bits per heavy atom. The van der Waals surface area contributed by atoms with Gasteiger partial charge in [-0.3, -0.25) is 10.3 Å². The smallest absolute Gasteiger partial charge is 0.352 e. The number of rotatable bonds is 6. The van der Waals surface area contributed by atoms with E-state index in [4.69, 9.17) is 14.1 Å². The second-order valence-corrected chi connectivity index (χ2v) is 11.1. The predicted octanol–water partition coefficient (Wildman–Crippen LogP) is 3.00. The highest BCUT2D eigenvalue weighted by Gasteiger charge is 2.57. The van der Waals surface area contributed by atoms with Crippen LogP contribution in [0.15, 0.2) is 73.9 Å². The minimum atomic E-state index is -0.980. The first-order valence-electron chi connectivity index (χ1n) is 13.8. The van der Waals surface area contributed by atoms with E-state index in [1.807, 2.05) is 19.1 Å². The Balaban J connectivity index is 1.18. The summed E-state index contributed by atoms with van der Waals surface area (Å²) < 4.78 is 15.4. The molecule has 212 valence electrons. The standard InChI is InChI=1S/C30H31N5O6/c1-15-12-16(2)23(17(3)13-15)21-14-22(41-31-21)18(4)40-32-24-20-10-11-33-29(37)34(19-8-6-5-7-9-19)30(38)35(33)25(20)26(36)28-27(24)39-28/h5-9,12-14,18,25-28,32,36H,10-11H2,1-4H3/t18-,25+,26-,27+,28-/m0/s1. The van der Waals surface area contributed by atoms with Crippen molar-refractivity contribution in [1.29, 1.82) is 0 Å². The first-order chi connectivity index (χ1) is 19.7. The molecule has 1 fully saturated rings. The van der Waals surface area contributed by atoms with Crippen molar-refractivity contribution in [3.05, 3.63) is 103 Å². The third-order valence-corrected chi connectivity index (χ3v) is 8.31. The fourth-order valence-electron chi connectivity index (χ4n) is 6.43. The van der Waals surface area contributed by atoms with Gasteiger partial charge in [-0.2, -0.15) is 0 Å². The van der Waals surface area contributed by atoms with Crippen molar-refractivity contribution < 1.29 is 19.2 Å². The van der Waals surface area contributed by atoms with Crippen LogP contribution in [-0.4, -0.2) is 42.5 Å². The lowest BCUT2D eigenvalue weighted by atomic mass is 9.86. The lowest BCUT2D eigenvalue weighted by Crippen LogP contribution is -2.47. The molecule has 0 unspecified atom stereocenters. The van der Waals surface area contributed by atoms with Gasteiger partial charge in [-0.1, -0.05) is 41.1 Å². The van der Waals surface area contributed by atoms with Crippen molar-refractivity contribution in [2.24, 2.45) is 0 Å². The van der Waals surface area contributed by atoms with Crippen LogP contribution in [0.5, 0.6) is 0 Å². The number of benzene rings is 2. The molecule has 2 aromatic carbocycles. The largest absolute Gasteiger partial charge is 0.388 e. The Labute approximate surface area is 235 Å². The summed E-state index contributed by atoms with van der Waals surface area (Å²) in [6, 6.07) is 14.1. The normalized spacial score (nSPS) is 23.5. The SMILES string of the molecule is Cc1cc(C)c(-c2cc([C@H](C)ONC3=C4CCn5c(=O)n(-c6ccccc6)c(=O)n5[C@H]4[C@H](O)[C@@H]4O[C@H]34)on2)c(C)c1. The van der Waals surface area contributed by atoms with E-state index in [-0.39, 0.29) is 12.6 Å². The summed E-state index contributed by atoms with van der Waals surface area (Å²) >= 11 is 0. The molecule has 0 radical (unpaired) electrons. The van der Waals surface area contributed by atoms with Crippen molar-refractivity contribution in [3.8, 4) is 16.9 Å². The van der Waals surface area contributed by atoms with Gasteiger partial charge in [0.1, 0.15) is 36.2 Å². The minimum absolute atomic E-state index is 0.283. The van der Waals surface area contributed by atoms with Gasteiger partial charge in [0.15, 0.2) is 5.76 Å². The van der Waals surface area contributed by atoms with Gasteiger partial charge in [0.25, 0.3) is 0 Å². The van der Waals surface area contributed by atoms with E-state index < -0.39 is 35.7 Å². The van der Waals surface area contributed by atoms with Crippen LogP contribution < -0.4 is 16.9 Å². The number of nitrogens with zero attached hydrogens (tertiary/aromatic N) is 4. The molecule has 11 nitrogen and oxygen atoms in total. The van der Waals surface area contributed by atoms with Crippen molar-refractivity contribution in [2.45, 2.75) is 71.1 Å². The highest BCUT2D eigenvalue weighted by molar-refractivity contribution is 5.68. The predicted molar refractivity (Wildman–Crippen MR) is 148 cm³/mol. The third kappa shape index (κ3) is 4.03. The maximum Gasteiger partial charge on any atom is 0.352 e. The molecule has 11 heteroatoms. The summed E-state index contributed by atoms with van der Waals surface area (Å²) in [6.07, 6.45) is -1.92. The quantitative estimate of drug-likeness (QED) is 0.274. The number of epoxide rings is 1. The molecular weight excluding hydrogens is 526 g/mol. The molecule has 2 aliphatic heterocycles. The number of nitrogens with one attached hydrogen (secondary N) is 1. The first-order valence-corrected chi connectivity index (χ1v) is 13.8. The molecule has 1 saturated heterocycles. The molecule has 4 heterocycles. The van der Waals surface area contributed by atoms with Crippen molar-refractivity contribution in [1.82, 2.24) is 24.6 Å². The Bertz CT molecular complexity index is 1790. The lowest BCUT2D eigenvalue weighted by Gasteiger charge is -2.35. The molecule has 2 aromatic heterocycles. The zero-order valence-electron chi connectivity index (χ0n) is 23.2. The van der Waals surface area contributed by atoms with Crippen LogP contribution in [0.25, 0.3) is 16.9 Å². The molecule has 0 bridgehead atoms. The van der Waals surface area contributed by atoms with Crippen LogP contribution in [-0.2, 0) is 16.1 Å². The summed E-state index contributed by atoms with van der Waals surface area (Å²) in [4.78, 5) is 32.8. The maximum absolute atomic E-state index is 13.6. The zero-order chi connectivity index (χ0) is 28.6. The van der Waals surface area contributed by atoms with E-state index in [1.54, 1.807) is 24.3 Å². The zero-order valence-corrected chi connectivity index (χ0v) is 23.2. The van der Waals surface area contributed by atoms with E-state index in [1.165, 1.54) is 14.9 Å². The van der Waals surface area contributed by atoms with E-state index in [2.05, 4.69) is 43.5 Å². The molecule has 41 heavy (non-hydrogen) atoms. The van der Waals surface area contributed by atoms with Gasteiger partial charge in [0, 0.05) is 18.2 Å². The number of hydrogen-bond acceptors (Lipinski definition) is 8. The number of hydrogen-bond donors (Lipinski definition) is 2. The molecule has 0 amide bonds. The summed E-state index contributed by atoms with van der Waals surface area (Å²) in [5.74, 6) is 0.548.